The van der Waals surface area contributed by atoms with Crippen LogP contribution >= 0.6 is 0 Å². The molecular formula is C14H25NO3. The lowest BCUT2D eigenvalue weighted by Crippen LogP contribution is -2.47. The van der Waals surface area contributed by atoms with E-state index in [9.17, 15) is 9.59 Å². The molecule has 4 nitrogen and oxygen atoms in total. The van der Waals surface area contributed by atoms with Gasteiger partial charge < -0.3 is 10.0 Å². The zero-order valence-electron chi connectivity index (χ0n) is 11.4. The molecule has 0 saturated carbocycles. The molecule has 1 fully saturated rings. The van der Waals surface area contributed by atoms with E-state index in [0.29, 0.717) is 19.4 Å². The number of aliphatic carboxylic acids is 1. The molecule has 1 rings (SSSR count). The van der Waals surface area contributed by atoms with Crippen LogP contribution in [0.25, 0.3) is 0 Å². The second-order valence-corrected chi connectivity index (χ2v) is 5.10. The Bertz CT molecular complexity index is 278. The van der Waals surface area contributed by atoms with Gasteiger partial charge in [-0.1, -0.05) is 32.6 Å². The lowest BCUT2D eigenvalue weighted by Gasteiger charge is -2.33. The fourth-order valence-electron chi connectivity index (χ4n) is 2.51. The molecule has 1 N–H and O–H groups in total. The number of hydrogen-bond donors (Lipinski definition) is 1. The molecule has 1 heterocycles. The molecular weight excluding hydrogens is 230 g/mol. The molecule has 1 atom stereocenters. The van der Waals surface area contributed by atoms with Crippen molar-refractivity contribution in [2.75, 3.05) is 6.54 Å². The fraction of sp³-hybridized carbons (Fsp3) is 0.857. The number of amides is 1. The minimum atomic E-state index is -0.853. The van der Waals surface area contributed by atoms with Gasteiger partial charge >= 0.3 is 5.97 Å². The van der Waals surface area contributed by atoms with Crippen molar-refractivity contribution < 1.29 is 14.7 Å². The number of carboxylic acid groups (broad SMARTS) is 1. The highest BCUT2D eigenvalue weighted by Crippen LogP contribution is 2.19. The number of likely N-dealkylation sites (tertiary alicyclic amines) is 1. The maximum absolute atomic E-state index is 12.0. The van der Waals surface area contributed by atoms with E-state index in [1.54, 1.807) is 4.90 Å². The van der Waals surface area contributed by atoms with E-state index < -0.39 is 12.0 Å². The van der Waals surface area contributed by atoms with E-state index in [0.717, 1.165) is 25.7 Å². The number of unbranched alkanes of at least 4 members (excludes halogenated alkanes) is 4. The molecule has 1 aliphatic heterocycles. The summed E-state index contributed by atoms with van der Waals surface area (Å²) in [5.74, 6) is -0.826. The lowest BCUT2D eigenvalue weighted by atomic mass is 10.0. The van der Waals surface area contributed by atoms with Gasteiger partial charge in [0.1, 0.15) is 6.04 Å². The predicted molar refractivity (Wildman–Crippen MR) is 70.4 cm³/mol. The van der Waals surface area contributed by atoms with Gasteiger partial charge in [0.15, 0.2) is 0 Å². The van der Waals surface area contributed by atoms with E-state index >= 15 is 0 Å². The molecule has 18 heavy (non-hydrogen) atoms. The second kappa shape index (κ2) is 8.11. The highest BCUT2D eigenvalue weighted by Gasteiger charge is 2.31. The summed E-state index contributed by atoms with van der Waals surface area (Å²) in [6, 6.07) is -0.582. The number of carbonyl (C=O) groups is 2. The lowest BCUT2D eigenvalue weighted by molar-refractivity contribution is -0.152. The molecule has 0 radical (unpaired) electrons. The first-order valence-electron chi connectivity index (χ1n) is 7.19. The summed E-state index contributed by atoms with van der Waals surface area (Å²) >= 11 is 0. The largest absolute Gasteiger partial charge is 0.480 e. The van der Waals surface area contributed by atoms with Crippen molar-refractivity contribution in [3.8, 4) is 0 Å². The summed E-state index contributed by atoms with van der Waals surface area (Å²) in [7, 11) is 0. The molecule has 0 bridgehead atoms. The summed E-state index contributed by atoms with van der Waals surface area (Å²) in [6.45, 7) is 2.78. The Hall–Kier alpha value is -1.06. The van der Waals surface area contributed by atoms with Crippen molar-refractivity contribution in [2.24, 2.45) is 0 Å². The van der Waals surface area contributed by atoms with Crippen LogP contribution in [-0.4, -0.2) is 34.5 Å². The van der Waals surface area contributed by atoms with Crippen LogP contribution in [-0.2, 0) is 9.59 Å². The van der Waals surface area contributed by atoms with Crippen LogP contribution in [0.3, 0.4) is 0 Å². The van der Waals surface area contributed by atoms with E-state index in [4.69, 9.17) is 5.11 Å². The number of piperidine rings is 1. The van der Waals surface area contributed by atoms with Gasteiger partial charge in [-0.25, -0.2) is 4.79 Å². The highest BCUT2D eigenvalue weighted by molar-refractivity contribution is 5.83. The highest BCUT2D eigenvalue weighted by atomic mass is 16.4. The van der Waals surface area contributed by atoms with E-state index in [1.807, 2.05) is 0 Å². The van der Waals surface area contributed by atoms with Gasteiger partial charge in [-0.2, -0.15) is 0 Å². The molecule has 1 aliphatic rings. The third-order valence-electron chi connectivity index (χ3n) is 3.60. The minimum Gasteiger partial charge on any atom is -0.480 e. The summed E-state index contributed by atoms with van der Waals surface area (Å²) in [5.41, 5.74) is 0. The smallest absolute Gasteiger partial charge is 0.326 e. The Morgan fingerprint density at radius 3 is 2.56 bits per heavy atom. The zero-order chi connectivity index (χ0) is 13.4. The van der Waals surface area contributed by atoms with Crippen molar-refractivity contribution >= 4 is 11.9 Å². The van der Waals surface area contributed by atoms with E-state index in [-0.39, 0.29) is 5.91 Å². The van der Waals surface area contributed by atoms with Crippen LogP contribution in [0, 0.1) is 0 Å². The SMILES string of the molecule is CCCCCCCC(=O)N1CCCC[C@H]1C(=O)O. The first-order valence-corrected chi connectivity index (χ1v) is 7.19. The van der Waals surface area contributed by atoms with Gasteiger partial charge in [0.05, 0.1) is 0 Å². The van der Waals surface area contributed by atoms with Crippen LogP contribution in [0.4, 0.5) is 0 Å². The normalized spacial score (nSPS) is 19.8. The monoisotopic (exact) mass is 255 g/mol. The summed E-state index contributed by atoms with van der Waals surface area (Å²) < 4.78 is 0. The quantitative estimate of drug-likeness (QED) is 0.712. The zero-order valence-corrected chi connectivity index (χ0v) is 11.4. The number of nitrogens with zero attached hydrogens (tertiary/aromatic N) is 1. The Morgan fingerprint density at radius 1 is 1.17 bits per heavy atom. The minimum absolute atomic E-state index is 0.0265. The predicted octanol–water partition coefficient (Wildman–Crippen LogP) is 2.81. The average Bonchev–Trinajstić information content (AvgIpc) is 2.38. The molecule has 0 aliphatic carbocycles. The molecule has 0 spiro atoms. The van der Waals surface area contributed by atoms with Gasteiger partial charge in [0.2, 0.25) is 5.91 Å². The third-order valence-corrected chi connectivity index (χ3v) is 3.60. The van der Waals surface area contributed by atoms with Gasteiger partial charge in [-0.3, -0.25) is 4.79 Å². The maximum Gasteiger partial charge on any atom is 0.326 e. The van der Waals surface area contributed by atoms with Crippen molar-refractivity contribution in [1.82, 2.24) is 4.90 Å². The number of carbonyl (C=O) groups excluding carboxylic acids is 1. The molecule has 1 amide bonds. The van der Waals surface area contributed by atoms with Crippen molar-refractivity contribution in [2.45, 2.75) is 70.8 Å². The molecule has 0 aromatic heterocycles. The van der Waals surface area contributed by atoms with E-state index in [1.165, 1.54) is 19.3 Å². The van der Waals surface area contributed by atoms with Gasteiger partial charge in [0, 0.05) is 13.0 Å². The first kappa shape index (κ1) is 15.0. The van der Waals surface area contributed by atoms with Gasteiger partial charge in [-0.05, 0) is 25.7 Å². The summed E-state index contributed by atoms with van der Waals surface area (Å²) in [5, 5.41) is 9.11. The van der Waals surface area contributed by atoms with Crippen molar-refractivity contribution in [1.29, 1.82) is 0 Å². The summed E-state index contributed by atoms with van der Waals surface area (Å²) in [4.78, 5) is 24.7. The Balaban J connectivity index is 2.32. The van der Waals surface area contributed by atoms with Crippen LogP contribution in [0.5, 0.6) is 0 Å². The van der Waals surface area contributed by atoms with Crippen LogP contribution in [0.1, 0.15) is 64.7 Å². The third kappa shape index (κ3) is 4.67. The number of rotatable bonds is 7. The van der Waals surface area contributed by atoms with Crippen molar-refractivity contribution in [3.05, 3.63) is 0 Å². The van der Waals surface area contributed by atoms with Crippen molar-refractivity contribution in [3.63, 3.8) is 0 Å². The first-order chi connectivity index (χ1) is 8.66. The Kier molecular flexibility index (Phi) is 6.76. The molecule has 0 aromatic rings. The van der Waals surface area contributed by atoms with Crippen LogP contribution in [0.2, 0.25) is 0 Å². The molecule has 0 unspecified atom stereocenters. The van der Waals surface area contributed by atoms with Gasteiger partial charge in [-0.15, -0.1) is 0 Å². The molecule has 4 heteroatoms. The fourth-order valence-corrected chi connectivity index (χ4v) is 2.51. The van der Waals surface area contributed by atoms with Crippen LogP contribution in [0.15, 0.2) is 0 Å². The standard InChI is InChI=1S/C14H25NO3/c1-2-3-4-5-6-10-13(16)15-11-8-7-9-12(15)14(17)18/h12H,2-11H2,1H3,(H,17,18)/t12-/m0/s1. The second-order valence-electron chi connectivity index (χ2n) is 5.10. The molecule has 104 valence electrons. The summed E-state index contributed by atoms with van der Waals surface area (Å²) in [6.07, 6.45) is 8.52. The number of carboxylic acids is 1. The average molecular weight is 255 g/mol. The Labute approximate surface area is 109 Å². The van der Waals surface area contributed by atoms with E-state index in [2.05, 4.69) is 6.92 Å². The van der Waals surface area contributed by atoms with Gasteiger partial charge in [0.25, 0.3) is 0 Å². The Morgan fingerprint density at radius 2 is 1.89 bits per heavy atom. The molecule has 0 aromatic carbocycles. The maximum atomic E-state index is 12.0. The number of hydrogen-bond acceptors (Lipinski definition) is 2. The van der Waals surface area contributed by atoms with Crippen LogP contribution < -0.4 is 0 Å². The topological polar surface area (TPSA) is 57.6 Å². The molecule has 1 saturated heterocycles.